The zero-order valence-electron chi connectivity index (χ0n) is 7.75. The molecule has 4 nitrogen and oxygen atoms in total. The highest BCUT2D eigenvalue weighted by Gasteiger charge is 2.18. The van der Waals surface area contributed by atoms with E-state index >= 15 is 0 Å². The molecule has 0 saturated heterocycles. The van der Waals surface area contributed by atoms with E-state index < -0.39 is 0 Å². The SMILES string of the molecule is C=CC(=O)Nc1cc(Cl)c2c(c1)OCO2. The summed E-state index contributed by atoms with van der Waals surface area (Å²) in [7, 11) is 0. The molecule has 5 heteroatoms. The number of amides is 1. The summed E-state index contributed by atoms with van der Waals surface area (Å²) in [5.74, 6) is 0.736. The van der Waals surface area contributed by atoms with Crippen LogP contribution >= 0.6 is 11.6 Å². The third-order valence-corrected chi connectivity index (χ3v) is 2.16. The first-order valence-electron chi connectivity index (χ1n) is 4.23. The molecule has 1 aromatic carbocycles. The second-order valence-electron chi connectivity index (χ2n) is 2.89. The minimum Gasteiger partial charge on any atom is -0.453 e. The molecule has 2 rings (SSSR count). The normalized spacial score (nSPS) is 12.3. The number of rotatable bonds is 2. The van der Waals surface area contributed by atoms with Gasteiger partial charge in [0.05, 0.1) is 5.02 Å². The molecule has 1 aromatic rings. The van der Waals surface area contributed by atoms with Gasteiger partial charge in [0.25, 0.3) is 0 Å². The Hall–Kier alpha value is -1.68. The van der Waals surface area contributed by atoms with E-state index in [1.165, 1.54) is 6.08 Å². The molecule has 1 aliphatic heterocycles. The molecule has 0 spiro atoms. The number of fused-ring (bicyclic) bond motifs is 1. The molecule has 78 valence electrons. The lowest BCUT2D eigenvalue weighted by atomic mass is 10.2. The lowest BCUT2D eigenvalue weighted by Crippen LogP contribution is -2.06. The second-order valence-corrected chi connectivity index (χ2v) is 3.29. The summed E-state index contributed by atoms with van der Waals surface area (Å²) in [6.45, 7) is 3.50. The molecule has 0 aliphatic carbocycles. The summed E-state index contributed by atoms with van der Waals surface area (Å²) < 4.78 is 10.3. The fraction of sp³-hybridized carbons (Fsp3) is 0.100. The van der Waals surface area contributed by atoms with Gasteiger partial charge in [-0.05, 0) is 12.1 Å². The smallest absolute Gasteiger partial charge is 0.247 e. The van der Waals surface area contributed by atoms with Crippen molar-refractivity contribution in [2.75, 3.05) is 12.1 Å². The predicted octanol–water partition coefficient (Wildman–Crippen LogP) is 2.19. The molecule has 0 atom stereocenters. The third kappa shape index (κ3) is 1.89. The largest absolute Gasteiger partial charge is 0.453 e. The van der Waals surface area contributed by atoms with Crippen LogP contribution in [-0.4, -0.2) is 12.7 Å². The van der Waals surface area contributed by atoms with Crippen LogP contribution in [0, 0.1) is 0 Å². The van der Waals surface area contributed by atoms with E-state index in [0.717, 1.165) is 0 Å². The van der Waals surface area contributed by atoms with Gasteiger partial charge in [0.15, 0.2) is 11.5 Å². The van der Waals surface area contributed by atoms with Gasteiger partial charge >= 0.3 is 0 Å². The van der Waals surface area contributed by atoms with Gasteiger partial charge < -0.3 is 14.8 Å². The highest BCUT2D eigenvalue weighted by atomic mass is 35.5. The summed E-state index contributed by atoms with van der Waals surface area (Å²) in [4.78, 5) is 11.0. The fourth-order valence-electron chi connectivity index (χ4n) is 1.23. The van der Waals surface area contributed by atoms with Crippen molar-refractivity contribution >= 4 is 23.2 Å². The topological polar surface area (TPSA) is 47.6 Å². The van der Waals surface area contributed by atoms with Crippen LogP contribution in [0.2, 0.25) is 5.02 Å². The molecule has 1 amide bonds. The number of ether oxygens (including phenoxy) is 2. The molecular weight excluding hydrogens is 218 g/mol. The van der Waals surface area contributed by atoms with E-state index in [2.05, 4.69) is 11.9 Å². The Balaban J connectivity index is 2.31. The van der Waals surface area contributed by atoms with E-state index in [-0.39, 0.29) is 12.7 Å². The summed E-state index contributed by atoms with van der Waals surface area (Å²) in [6.07, 6.45) is 1.18. The summed E-state index contributed by atoms with van der Waals surface area (Å²) >= 11 is 5.92. The number of hydrogen-bond acceptors (Lipinski definition) is 3. The van der Waals surface area contributed by atoms with Crippen molar-refractivity contribution in [3.8, 4) is 11.5 Å². The van der Waals surface area contributed by atoms with Crippen LogP contribution in [0.4, 0.5) is 5.69 Å². The van der Waals surface area contributed by atoms with Gasteiger partial charge in [-0.3, -0.25) is 4.79 Å². The van der Waals surface area contributed by atoms with Gasteiger partial charge in [0.2, 0.25) is 12.7 Å². The van der Waals surface area contributed by atoms with Gasteiger partial charge in [-0.2, -0.15) is 0 Å². The minimum absolute atomic E-state index is 0.147. The molecule has 1 aliphatic rings. The van der Waals surface area contributed by atoms with E-state index in [1.807, 2.05) is 0 Å². The Kier molecular flexibility index (Phi) is 2.51. The van der Waals surface area contributed by atoms with Crippen molar-refractivity contribution in [2.45, 2.75) is 0 Å². The standard InChI is InChI=1S/C10H8ClNO3/c1-2-9(13)12-6-3-7(11)10-8(4-6)14-5-15-10/h2-4H,1,5H2,(H,12,13). The third-order valence-electron chi connectivity index (χ3n) is 1.88. The van der Waals surface area contributed by atoms with Crippen molar-refractivity contribution in [1.82, 2.24) is 0 Å². The van der Waals surface area contributed by atoms with E-state index in [4.69, 9.17) is 21.1 Å². The lowest BCUT2D eigenvalue weighted by Gasteiger charge is -2.05. The van der Waals surface area contributed by atoms with Crippen LogP contribution in [0.1, 0.15) is 0 Å². The van der Waals surface area contributed by atoms with Crippen LogP contribution in [0.25, 0.3) is 0 Å². The maximum Gasteiger partial charge on any atom is 0.247 e. The van der Waals surface area contributed by atoms with Crippen molar-refractivity contribution in [3.05, 3.63) is 29.8 Å². The predicted molar refractivity (Wildman–Crippen MR) is 56.4 cm³/mol. The number of carbonyl (C=O) groups is 1. The van der Waals surface area contributed by atoms with Crippen LogP contribution in [0.5, 0.6) is 11.5 Å². The van der Waals surface area contributed by atoms with E-state index in [1.54, 1.807) is 12.1 Å². The average molecular weight is 226 g/mol. The number of benzene rings is 1. The Morgan fingerprint density at radius 2 is 2.33 bits per heavy atom. The van der Waals surface area contributed by atoms with E-state index in [9.17, 15) is 4.79 Å². The highest BCUT2D eigenvalue weighted by molar-refractivity contribution is 6.32. The summed E-state index contributed by atoms with van der Waals surface area (Å²) in [5.41, 5.74) is 0.550. The van der Waals surface area contributed by atoms with Crippen LogP contribution in [0.15, 0.2) is 24.8 Å². The fourth-order valence-corrected chi connectivity index (χ4v) is 1.50. The number of hydrogen-bond donors (Lipinski definition) is 1. The van der Waals surface area contributed by atoms with Gasteiger partial charge in [0, 0.05) is 11.8 Å². The molecule has 0 fully saturated rings. The molecule has 1 N–H and O–H groups in total. The Bertz CT molecular complexity index is 431. The quantitative estimate of drug-likeness (QED) is 0.785. The van der Waals surface area contributed by atoms with Crippen LogP contribution in [-0.2, 0) is 4.79 Å². The number of anilines is 1. The zero-order chi connectivity index (χ0) is 10.8. The van der Waals surface area contributed by atoms with Gasteiger partial charge in [-0.1, -0.05) is 18.2 Å². The lowest BCUT2D eigenvalue weighted by molar-refractivity contribution is -0.111. The van der Waals surface area contributed by atoms with Crippen LogP contribution < -0.4 is 14.8 Å². The number of nitrogens with one attached hydrogen (secondary N) is 1. The summed E-state index contributed by atoms with van der Waals surface area (Å²) in [6, 6.07) is 3.24. The van der Waals surface area contributed by atoms with Gasteiger partial charge in [-0.25, -0.2) is 0 Å². The minimum atomic E-state index is -0.301. The number of halogens is 1. The van der Waals surface area contributed by atoms with Crippen molar-refractivity contribution in [3.63, 3.8) is 0 Å². The second kappa shape index (κ2) is 3.82. The number of carbonyl (C=O) groups excluding carboxylic acids is 1. The summed E-state index contributed by atoms with van der Waals surface area (Å²) in [5, 5.41) is 2.99. The first kappa shape index (κ1) is 9.86. The molecule has 0 radical (unpaired) electrons. The molecule has 15 heavy (non-hydrogen) atoms. The van der Waals surface area contributed by atoms with Crippen molar-refractivity contribution in [2.24, 2.45) is 0 Å². The first-order chi connectivity index (χ1) is 7.20. The van der Waals surface area contributed by atoms with Crippen LogP contribution in [0.3, 0.4) is 0 Å². The Labute approximate surface area is 91.4 Å². The first-order valence-corrected chi connectivity index (χ1v) is 4.61. The molecule has 1 heterocycles. The molecule has 0 aromatic heterocycles. The molecular formula is C10H8ClNO3. The molecule has 0 bridgehead atoms. The van der Waals surface area contributed by atoms with Crippen molar-refractivity contribution < 1.29 is 14.3 Å². The average Bonchev–Trinajstić information content (AvgIpc) is 2.66. The monoisotopic (exact) mass is 225 g/mol. The van der Waals surface area contributed by atoms with Gasteiger partial charge in [0.1, 0.15) is 0 Å². The van der Waals surface area contributed by atoms with E-state index in [0.29, 0.717) is 22.2 Å². The Morgan fingerprint density at radius 3 is 3.07 bits per heavy atom. The maximum absolute atomic E-state index is 11.0. The molecule has 0 saturated carbocycles. The highest BCUT2D eigenvalue weighted by Crippen LogP contribution is 2.41. The maximum atomic E-state index is 11.0. The Morgan fingerprint density at radius 1 is 1.53 bits per heavy atom. The zero-order valence-corrected chi connectivity index (χ0v) is 8.50. The van der Waals surface area contributed by atoms with Gasteiger partial charge in [-0.15, -0.1) is 0 Å². The molecule has 0 unspecified atom stereocenters. The van der Waals surface area contributed by atoms with Crippen molar-refractivity contribution in [1.29, 1.82) is 0 Å².